The zero-order chi connectivity index (χ0) is 14.8. The van der Waals surface area contributed by atoms with Gasteiger partial charge in [0.15, 0.2) is 0 Å². The summed E-state index contributed by atoms with van der Waals surface area (Å²) in [5, 5.41) is 0. The van der Waals surface area contributed by atoms with Crippen LogP contribution in [0.2, 0.25) is 0 Å². The molecule has 1 aromatic rings. The molecule has 1 aromatic heterocycles. The van der Waals surface area contributed by atoms with Crippen LogP contribution in [0.5, 0.6) is 0 Å². The van der Waals surface area contributed by atoms with E-state index in [4.69, 9.17) is 5.73 Å². The Morgan fingerprint density at radius 3 is 2.86 bits per heavy atom. The number of hydrogen-bond donors (Lipinski definition) is 1. The van der Waals surface area contributed by atoms with E-state index in [1.807, 2.05) is 17.2 Å². The Kier molecular flexibility index (Phi) is 3.77. The van der Waals surface area contributed by atoms with Crippen molar-refractivity contribution in [1.82, 2.24) is 14.8 Å². The van der Waals surface area contributed by atoms with Crippen molar-refractivity contribution in [2.75, 3.05) is 19.6 Å². The van der Waals surface area contributed by atoms with Gasteiger partial charge in [-0.25, -0.2) is 4.79 Å². The van der Waals surface area contributed by atoms with Crippen molar-refractivity contribution in [2.45, 2.75) is 31.2 Å². The average Bonchev–Trinajstić information content (AvgIpc) is 3.17. The third-order valence-corrected chi connectivity index (χ3v) is 4.48. The molecule has 3 heterocycles. The van der Waals surface area contributed by atoms with Gasteiger partial charge in [0.05, 0.1) is 0 Å². The lowest BCUT2D eigenvalue weighted by Crippen LogP contribution is -2.48. The van der Waals surface area contributed by atoms with Gasteiger partial charge in [-0.3, -0.25) is 9.78 Å². The molecule has 1 unspecified atom stereocenters. The summed E-state index contributed by atoms with van der Waals surface area (Å²) in [6, 6.07) is 3.12. The van der Waals surface area contributed by atoms with E-state index in [0.717, 1.165) is 25.8 Å². The summed E-state index contributed by atoms with van der Waals surface area (Å²) >= 11 is 0. The largest absolute Gasteiger partial charge is 0.351 e. The molecule has 2 saturated heterocycles. The summed E-state index contributed by atoms with van der Waals surface area (Å²) < 4.78 is 0. The molecule has 3 rings (SSSR count). The van der Waals surface area contributed by atoms with Gasteiger partial charge in [-0.15, -0.1) is 0 Å². The standard InChI is InChI=1S/C15H20N4O2/c16-15(21)19-7-2-4-13(19)14(20)18-8-5-12(10-18)11-3-1-6-17-9-11/h1,3,6,9,12-13H,2,4-5,7-8,10H2,(H2,16,21)/t12?,13-/m0/s1. The second kappa shape index (κ2) is 5.71. The van der Waals surface area contributed by atoms with Crippen molar-refractivity contribution in [3.8, 4) is 0 Å². The SMILES string of the molecule is NC(=O)N1CCC[C@H]1C(=O)N1CCC(c2cccnc2)C1. The van der Waals surface area contributed by atoms with E-state index in [-0.39, 0.29) is 11.9 Å². The molecule has 0 spiro atoms. The summed E-state index contributed by atoms with van der Waals surface area (Å²) in [7, 11) is 0. The Hall–Kier alpha value is -2.11. The second-order valence-electron chi connectivity index (χ2n) is 5.75. The molecule has 2 atom stereocenters. The molecule has 0 aliphatic carbocycles. The molecule has 2 aliphatic heterocycles. The number of carbonyl (C=O) groups is 2. The van der Waals surface area contributed by atoms with E-state index in [1.165, 1.54) is 10.5 Å². The highest BCUT2D eigenvalue weighted by Crippen LogP contribution is 2.28. The molecule has 2 aliphatic rings. The number of aromatic nitrogens is 1. The molecule has 0 aromatic carbocycles. The fourth-order valence-corrected chi connectivity index (χ4v) is 3.35. The first-order valence-electron chi connectivity index (χ1n) is 7.41. The van der Waals surface area contributed by atoms with Gasteiger partial charge in [-0.2, -0.15) is 0 Å². The minimum absolute atomic E-state index is 0.0395. The zero-order valence-electron chi connectivity index (χ0n) is 11.9. The van der Waals surface area contributed by atoms with Gasteiger partial charge < -0.3 is 15.5 Å². The number of urea groups is 1. The van der Waals surface area contributed by atoms with Crippen LogP contribution in [-0.2, 0) is 4.79 Å². The first-order chi connectivity index (χ1) is 10.2. The fraction of sp³-hybridized carbons (Fsp3) is 0.533. The van der Waals surface area contributed by atoms with Crippen molar-refractivity contribution >= 4 is 11.9 Å². The Labute approximate surface area is 123 Å². The molecule has 6 heteroatoms. The molecular weight excluding hydrogens is 268 g/mol. The number of carbonyl (C=O) groups excluding carboxylic acids is 2. The summed E-state index contributed by atoms with van der Waals surface area (Å²) in [5.41, 5.74) is 6.52. The van der Waals surface area contributed by atoms with Gasteiger partial charge in [-0.05, 0) is 30.9 Å². The van der Waals surface area contributed by atoms with Crippen molar-refractivity contribution in [3.63, 3.8) is 0 Å². The molecule has 21 heavy (non-hydrogen) atoms. The number of amides is 3. The van der Waals surface area contributed by atoms with Crippen LogP contribution in [-0.4, -0.2) is 52.4 Å². The number of likely N-dealkylation sites (tertiary alicyclic amines) is 2. The van der Waals surface area contributed by atoms with E-state index < -0.39 is 6.03 Å². The Morgan fingerprint density at radius 1 is 1.29 bits per heavy atom. The summed E-state index contributed by atoms with van der Waals surface area (Å²) in [6.45, 7) is 2.03. The fourth-order valence-electron chi connectivity index (χ4n) is 3.35. The highest BCUT2D eigenvalue weighted by molar-refractivity contribution is 5.87. The predicted octanol–water partition coefficient (Wildman–Crippen LogP) is 0.941. The number of nitrogens with two attached hydrogens (primary N) is 1. The summed E-state index contributed by atoms with van der Waals surface area (Å²) in [4.78, 5) is 31.5. The molecule has 112 valence electrons. The number of pyridine rings is 1. The van der Waals surface area contributed by atoms with Gasteiger partial charge in [0, 0.05) is 37.9 Å². The van der Waals surface area contributed by atoms with Crippen molar-refractivity contribution < 1.29 is 9.59 Å². The first kappa shape index (κ1) is 13.9. The van der Waals surface area contributed by atoms with Gasteiger partial charge >= 0.3 is 6.03 Å². The van der Waals surface area contributed by atoms with Crippen molar-refractivity contribution in [1.29, 1.82) is 0 Å². The second-order valence-corrected chi connectivity index (χ2v) is 5.75. The van der Waals surface area contributed by atoms with Crippen LogP contribution < -0.4 is 5.73 Å². The maximum absolute atomic E-state index is 12.6. The van der Waals surface area contributed by atoms with Gasteiger partial charge in [0.1, 0.15) is 6.04 Å². The normalized spacial score (nSPS) is 25.3. The molecule has 2 fully saturated rings. The van der Waals surface area contributed by atoms with E-state index in [2.05, 4.69) is 11.1 Å². The summed E-state index contributed by atoms with van der Waals surface area (Å²) in [6.07, 6.45) is 6.13. The van der Waals surface area contributed by atoms with Crippen LogP contribution in [0.1, 0.15) is 30.7 Å². The number of primary amides is 1. The quantitative estimate of drug-likeness (QED) is 0.879. The number of hydrogen-bond acceptors (Lipinski definition) is 3. The Balaban J connectivity index is 1.66. The van der Waals surface area contributed by atoms with Crippen LogP contribution in [0.3, 0.4) is 0 Å². The summed E-state index contributed by atoms with van der Waals surface area (Å²) in [5.74, 6) is 0.378. The van der Waals surface area contributed by atoms with Gasteiger partial charge in [-0.1, -0.05) is 6.07 Å². The zero-order valence-corrected chi connectivity index (χ0v) is 11.9. The maximum Gasteiger partial charge on any atom is 0.315 e. The highest BCUT2D eigenvalue weighted by atomic mass is 16.2. The third kappa shape index (κ3) is 2.70. The van der Waals surface area contributed by atoms with E-state index in [0.29, 0.717) is 19.0 Å². The van der Waals surface area contributed by atoms with Crippen molar-refractivity contribution in [2.24, 2.45) is 5.73 Å². The lowest BCUT2D eigenvalue weighted by atomic mass is 10.0. The third-order valence-electron chi connectivity index (χ3n) is 4.48. The van der Waals surface area contributed by atoms with Crippen LogP contribution in [0.15, 0.2) is 24.5 Å². The molecule has 0 saturated carbocycles. The molecule has 6 nitrogen and oxygen atoms in total. The maximum atomic E-state index is 12.6. The number of nitrogens with zero attached hydrogens (tertiary/aromatic N) is 3. The molecule has 2 N–H and O–H groups in total. The molecule has 0 radical (unpaired) electrons. The Morgan fingerprint density at radius 2 is 2.14 bits per heavy atom. The lowest BCUT2D eigenvalue weighted by molar-refractivity contribution is -0.134. The average molecular weight is 288 g/mol. The van der Waals surface area contributed by atoms with Crippen LogP contribution in [0.25, 0.3) is 0 Å². The topological polar surface area (TPSA) is 79.5 Å². The number of rotatable bonds is 2. The van der Waals surface area contributed by atoms with Gasteiger partial charge in [0.2, 0.25) is 5.91 Å². The van der Waals surface area contributed by atoms with E-state index in [1.54, 1.807) is 6.20 Å². The smallest absolute Gasteiger partial charge is 0.315 e. The first-order valence-corrected chi connectivity index (χ1v) is 7.41. The minimum Gasteiger partial charge on any atom is -0.351 e. The van der Waals surface area contributed by atoms with Crippen molar-refractivity contribution in [3.05, 3.63) is 30.1 Å². The van der Waals surface area contributed by atoms with Crippen LogP contribution in [0, 0.1) is 0 Å². The molecular formula is C15H20N4O2. The van der Waals surface area contributed by atoms with Crippen LogP contribution >= 0.6 is 0 Å². The minimum atomic E-state index is -0.492. The predicted molar refractivity (Wildman–Crippen MR) is 77.5 cm³/mol. The van der Waals surface area contributed by atoms with E-state index in [9.17, 15) is 9.59 Å². The van der Waals surface area contributed by atoms with Gasteiger partial charge in [0.25, 0.3) is 0 Å². The molecule has 0 bridgehead atoms. The Bertz CT molecular complexity index is 534. The monoisotopic (exact) mass is 288 g/mol. The van der Waals surface area contributed by atoms with Crippen LogP contribution in [0.4, 0.5) is 4.79 Å². The van der Waals surface area contributed by atoms with E-state index >= 15 is 0 Å². The highest BCUT2D eigenvalue weighted by Gasteiger charge is 2.38. The molecule has 3 amide bonds. The lowest BCUT2D eigenvalue weighted by Gasteiger charge is -2.26.